The molecule has 4 bridgehead atoms. The second-order valence-electron chi connectivity index (χ2n) is 9.84. The van der Waals surface area contributed by atoms with Crippen molar-refractivity contribution in [1.29, 1.82) is 0 Å². The largest absolute Gasteiger partial charge is 0.275 e. The third-order valence-corrected chi connectivity index (χ3v) is 12.7. The summed E-state index contributed by atoms with van der Waals surface area (Å²) in [4.78, 5) is 4.94. The number of halogens is 1. The fourth-order valence-electron chi connectivity index (χ4n) is 6.72. The van der Waals surface area contributed by atoms with Crippen LogP contribution in [0.15, 0.2) is 27.8 Å². The molecule has 2 heterocycles. The standard InChI is InChI=1S/C23H25ClN2O2S3/c1-13-18-8-17(24)3-4-19(18)30-21(13)31(27,28)26(2)22-25-20(12-29-22)23-9-14-5-15(10-23)7-16(6-14)11-23/h3-4,8,12,14-16H,5-7,9-11H2,1-2H3. The topological polar surface area (TPSA) is 50.3 Å². The van der Waals surface area contributed by atoms with Crippen molar-refractivity contribution in [3.63, 3.8) is 0 Å². The molecule has 1 aromatic carbocycles. The lowest BCUT2D eigenvalue weighted by atomic mass is 9.49. The first kappa shape index (κ1) is 20.5. The van der Waals surface area contributed by atoms with Crippen LogP contribution in [0.5, 0.6) is 0 Å². The van der Waals surface area contributed by atoms with E-state index in [0.717, 1.165) is 39.1 Å². The molecule has 31 heavy (non-hydrogen) atoms. The van der Waals surface area contributed by atoms with Gasteiger partial charge >= 0.3 is 0 Å². The molecule has 0 unspecified atom stereocenters. The number of aryl methyl sites for hydroxylation is 1. The van der Waals surface area contributed by atoms with Crippen LogP contribution in [0.2, 0.25) is 5.02 Å². The SMILES string of the molecule is Cc1c(S(=O)(=O)N(C)c2nc(C34CC5CC(CC(C5)C3)C4)cs2)sc2ccc(Cl)cc12. The van der Waals surface area contributed by atoms with E-state index in [1.165, 1.54) is 65.5 Å². The summed E-state index contributed by atoms with van der Waals surface area (Å²) in [5.74, 6) is 2.52. The Kier molecular flexibility index (Phi) is 4.57. The number of fused-ring (bicyclic) bond motifs is 1. The van der Waals surface area contributed by atoms with Crippen molar-refractivity contribution in [2.75, 3.05) is 11.4 Å². The lowest BCUT2D eigenvalue weighted by Crippen LogP contribution is -2.48. The highest BCUT2D eigenvalue weighted by Gasteiger charge is 2.52. The maximum atomic E-state index is 13.5. The van der Waals surface area contributed by atoms with Gasteiger partial charge < -0.3 is 0 Å². The summed E-state index contributed by atoms with van der Waals surface area (Å²) in [5.41, 5.74) is 2.07. The van der Waals surface area contributed by atoms with Crippen LogP contribution in [0.1, 0.15) is 49.8 Å². The van der Waals surface area contributed by atoms with Crippen molar-refractivity contribution in [2.45, 2.75) is 55.1 Å². The molecule has 0 spiro atoms. The fourth-order valence-corrected chi connectivity index (χ4v) is 11.1. The van der Waals surface area contributed by atoms with Crippen LogP contribution in [0.25, 0.3) is 10.1 Å². The molecule has 3 aromatic rings. The summed E-state index contributed by atoms with van der Waals surface area (Å²) in [7, 11) is -2.05. The van der Waals surface area contributed by atoms with E-state index >= 15 is 0 Å². The quantitative estimate of drug-likeness (QED) is 0.411. The lowest BCUT2D eigenvalue weighted by molar-refractivity contribution is -0.00689. The number of rotatable bonds is 4. The minimum absolute atomic E-state index is 0.179. The van der Waals surface area contributed by atoms with Gasteiger partial charge in [-0.2, -0.15) is 0 Å². The minimum Gasteiger partial charge on any atom is -0.244 e. The second kappa shape index (κ2) is 6.92. The van der Waals surface area contributed by atoms with Crippen molar-refractivity contribution in [3.8, 4) is 0 Å². The van der Waals surface area contributed by atoms with Crippen LogP contribution >= 0.6 is 34.3 Å². The van der Waals surface area contributed by atoms with Crippen molar-refractivity contribution in [1.82, 2.24) is 4.98 Å². The van der Waals surface area contributed by atoms with Gasteiger partial charge in [0.05, 0.1) is 5.69 Å². The summed E-state index contributed by atoms with van der Waals surface area (Å²) in [6.07, 6.45) is 7.86. The zero-order valence-electron chi connectivity index (χ0n) is 17.6. The molecule has 0 aliphatic heterocycles. The van der Waals surface area contributed by atoms with Crippen LogP contribution in [-0.4, -0.2) is 20.4 Å². The van der Waals surface area contributed by atoms with E-state index < -0.39 is 10.0 Å². The van der Waals surface area contributed by atoms with E-state index in [1.54, 1.807) is 13.1 Å². The average Bonchev–Trinajstić information content (AvgIpc) is 3.33. The summed E-state index contributed by atoms with van der Waals surface area (Å²) >= 11 is 8.91. The molecule has 4 aliphatic carbocycles. The van der Waals surface area contributed by atoms with Crippen molar-refractivity contribution < 1.29 is 8.42 Å². The minimum atomic E-state index is -3.68. The van der Waals surface area contributed by atoms with E-state index in [-0.39, 0.29) is 5.41 Å². The number of nitrogens with zero attached hydrogens (tertiary/aromatic N) is 2. The van der Waals surface area contributed by atoms with Gasteiger partial charge in [-0.1, -0.05) is 11.6 Å². The zero-order valence-corrected chi connectivity index (χ0v) is 20.8. The summed E-state index contributed by atoms with van der Waals surface area (Å²) in [6, 6.07) is 5.54. The number of hydrogen-bond donors (Lipinski definition) is 0. The molecule has 4 saturated carbocycles. The fraction of sp³-hybridized carbons (Fsp3) is 0.522. The van der Waals surface area contributed by atoms with Gasteiger partial charge in [0, 0.05) is 27.6 Å². The molecule has 4 aliphatic rings. The number of sulfonamides is 1. The Morgan fingerprint density at radius 1 is 1.13 bits per heavy atom. The van der Waals surface area contributed by atoms with Gasteiger partial charge in [-0.05, 0) is 92.4 Å². The highest BCUT2D eigenvalue weighted by atomic mass is 35.5. The van der Waals surface area contributed by atoms with E-state index in [0.29, 0.717) is 14.4 Å². The smallest absolute Gasteiger partial charge is 0.244 e. The molecule has 0 radical (unpaired) electrons. The molecule has 4 nitrogen and oxygen atoms in total. The number of thiophene rings is 1. The van der Waals surface area contributed by atoms with Gasteiger partial charge in [0.1, 0.15) is 4.21 Å². The van der Waals surface area contributed by atoms with Gasteiger partial charge in [-0.25, -0.2) is 17.7 Å². The van der Waals surface area contributed by atoms with Crippen molar-refractivity contribution in [3.05, 3.63) is 39.9 Å². The predicted octanol–water partition coefficient (Wildman–Crippen LogP) is 6.61. The normalized spacial score (nSPS) is 29.7. The van der Waals surface area contributed by atoms with Gasteiger partial charge in [0.15, 0.2) is 5.13 Å². The monoisotopic (exact) mass is 492 g/mol. The first-order valence-corrected chi connectivity index (χ1v) is 14.4. The van der Waals surface area contributed by atoms with E-state index in [4.69, 9.17) is 16.6 Å². The van der Waals surface area contributed by atoms with Gasteiger partial charge in [-0.15, -0.1) is 22.7 Å². The maximum Gasteiger partial charge on any atom is 0.275 e. The maximum absolute atomic E-state index is 13.5. The average molecular weight is 493 g/mol. The van der Waals surface area contributed by atoms with Crippen LogP contribution in [0.4, 0.5) is 5.13 Å². The first-order chi connectivity index (χ1) is 14.7. The van der Waals surface area contributed by atoms with Gasteiger partial charge in [-0.3, -0.25) is 0 Å². The van der Waals surface area contributed by atoms with Gasteiger partial charge in [0.25, 0.3) is 10.0 Å². The number of aromatic nitrogens is 1. The van der Waals surface area contributed by atoms with Crippen LogP contribution in [0.3, 0.4) is 0 Å². The Labute approximate surface area is 196 Å². The van der Waals surface area contributed by atoms with Crippen LogP contribution in [-0.2, 0) is 15.4 Å². The Morgan fingerprint density at radius 2 is 1.77 bits per heavy atom. The molecule has 0 atom stereocenters. The summed E-state index contributed by atoms with van der Waals surface area (Å²) in [5, 5.41) is 4.22. The summed E-state index contributed by atoms with van der Waals surface area (Å²) < 4.78 is 29.8. The molecule has 0 amide bonds. The molecule has 7 rings (SSSR count). The molecular formula is C23H25ClN2O2S3. The Morgan fingerprint density at radius 3 is 2.42 bits per heavy atom. The third-order valence-electron chi connectivity index (χ3n) is 7.79. The highest BCUT2D eigenvalue weighted by molar-refractivity contribution is 7.95. The Balaban J connectivity index is 1.35. The zero-order chi connectivity index (χ0) is 21.5. The molecule has 0 N–H and O–H groups in total. The van der Waals surface area contributed by atoms with Crippen molar-refractivity contribution in [2.24, 2.45) is 17.8 Å². The highest BCUT2D eigenvalue weighted by Crippen LogP contribution is 2.60. The number of hydrogen-bond acceptors (Lipinski definition) is 5. The molecule has 8 heteroatoms. The second-order valence-corrected chi connectivity index (χ2v) is 14.3. The van der Waals surface area contributed by atoms with Crippen molar-refractivity contribution >= 4 is 59.5 Å². The number of benzene rings is 1. The molecule has 0 saturated heterocycles. The predicted molar refractivity (Wildman–Crippen MR) is 129 cm³/mol. The molecular weight excluding hydrogens is 468 g/mol. The van der Waals surface area contributed by atoms with Gasteiger partial charge in [0.2, 0.25) is 0 Å². The third kappa shape index (κ3) is 3.10. The Bertz CT molecular complexity index is 1260. The number of thiazole rings is 1. The number of anilines is 1. The summed E-state index contributed by atoms with van der Waals surface area (Å²) in [6.45, 7) is 1.86. The van der Waals surface area contributed by atoms with Crippen LogP contribution in [0, 0.1) is 24.7 Å². The van der Waals surface area contributed by atoms with E-state index in [2.05, 4.69) is 5.38 Å². The lowest BCUT2D eigenvalue weighted by Gasteiger charge is -2.56. The Hall–Kier alpha value is -1.15. The molecule has 164 valence electrons. The first-order valence-electron chi connectivity index (χ1n) is 10.9. The van der Waals surface area contributed by atoms with E-state index in [1.807, 2.05) is 19.1 Å². The van der Waals surface area contributed by atoms with E-state index in [9.17, 15) is 8.42 Å². The van der Waals surface area contributed by atoms with Crippen LogP contribution < -0.4 is 4.31 Å². The molecule has 4 fully saturated rings. The molecule has 2 aromatic heterocycles.